The van der Waals surface area contributed by atoms with E-state index in [1.807, 2.05) is 6.92 Å². The standard InChI is InChI=1S/C11H19N3/c1-5-11-10(9(4)12-6-2)7-8(3)13-14-11/h7,9,12H,5-6H2,1-4H3. The first kappa shape index (κ1) is 11.1. The molecule has 1 atom stereocenters. The van der Waals surface area contributed by atoms with E-state index >= 15 is 0 Å². The molecule has 1 N–H and O–H groups in total. The Morgan fingerprint density at radius 1 is 1.36 bits per heavy atom. The molecule has 14 heavy (non-hydrogen) atoms. The van der Waals surface area contributed by atoms with Gasteiger partial charge in [0, 0.05) is 6.04 Å². The van der Waals surface area contributed by atoms with Gasteiger partial charge in [0.25, 0.3) is 0 Å². The van der Waals surface area contributed by atoms with Crippen molar-refractivity contribution < 1.29 is 0 Å². The molecule has 0 radical (unpaired) electrons. The Bertz CT molecular complexity index is 297. The summed E-state index contributed by atoms with van der Waals surface area (Å²) in [6, 6.07) is 2.49. The maximum absolute atomic E-state index is 4.21. The summed E-state index contributed by atoms with van der Waals surface area (Å²) >= 11 is 0. The summed E-state index contributed by atoms with van der Waals surface area (Å²) in [6.07, 6.45) is 0.943. The highest BCUT2D eigenvalue weighted by Gasteiger charge is 2.10. The second-order valence-electron chi connectivity index (χ2n) is 3.52. The summed E-state index contributed by atoms with van der Waals surface area (Å²) in [6.45, 7) is 9.35. The maximum atomic E-state index is 4.21. The summed E-state index contributed by atoms with van der Waals surface area (Å²) in [5, 5.41) is 11.7. The van der Waals surface area contributed by atoms with Crippen molar-refractivity contribution in [3.63, 3.8) is 0 Å². The van der Waals surface area contributed by atoms with E-state index in [0.29, 0.717) is 6.04 Å². The number of aryl methyl sites for hydroxylation is 2. The Kier molecular flexibility index (Phi) is 4.01. The van der Waals surface area contributed by atoms with Crippen LogP contribution in [0.1, 0.15) is 43.8 Å². The van der Waals surface area contributed by atoms with Gasteiger partial charge >= 0.3 is 0 Å². The zero-order valence-electron chi connectivity index (χ0n) is 9.46. The second kappa shape index (κ2) is 5.05. The van der Waals surface area contributed by atoms with Gasteiger partial charge in [0.15, 0.2) is 0 Å². The number of hydrogen-bond acceptors (Lipinski definition) is 3. The summed E-state index contributed by atoms with van der Waals surface area (Å²) in [4.78, 5) is 0. The first-order valence-corrected chi connectivity index (χ1v) is 5.25. The van der Waals surface area contributed by atoms with Crippen LogP contribution in [0.5, 0.6) is 0 Å². The summed E-state index contributed by atoms with van der Waals surface area (Å²) < 4.78 is 0. The number of nitrogens with one attached hydrogen (secondary N) is 1. The van der Waals surface area contributed by atoms with Gasteiger partial charge in [-0.05, 0) is 38.4 Å². The van der Waals surface area contributed by atoms with E-state index in [0.717, 1.165) is 24.4 Å². The minimum atomic E-state index is 0.365. The smallest absolute Gasteiger partial charge is 0.0676 e. The SMILES string of the molecule is CCNC(C)c1cc(C)nnc1CC. The highest BCUT2D eigenvalue weighted by Crippen LogP contribution is 2.16. The molecule has 0 aliphatic heterocycles. The third-order valence-corrected chi connectivity index (χ3v) is 2.34. The molecule has 3 nitrogen and oxygen atoms in total. The van der Waals surface area contributed by atoms with Crippen LogP contribution in [-0.4, -0.2) is 16.7 Å². The first-order chi connectivity index (χ1) is 6.69. The third kappa shape index (κ3) is 2.51. The summed E-state index contributed by atoms with van der Waals surface area (Å²) in [5.41, 5.74) is 3.37. The molecule has 0 saturated carbocycles. The van der Waals surface area contributed by atoms with E-state index in [2.05, 4.69) is 42.4 Å². The predicted octanol–water partition coefficient (Wildman–Crippen LogP) is 2.02. The number of hydrogen-bond donors (Lipinski definition) is 1. The van der Waals surface area contributed by atoms with E-state index in [1.54, 1.807) is 0 Å². The average molecular weight is 193 g/mol. The number of aromatic nitrogens is 2. The van der Waals surface area contributed by atoms with Gasteiger partial charge in [-0.3, -0.25) is 0 Å². The monoisotopic (exact) mass is 193 g/mol. The van der Waals surface area contributed by atoms with Crippen LogP contribution >= 0.6 is 0 Å². The molecule has 0 saturated heterocycles. The van der Waals surface area contributed by atoms with Crippen LogP contribution in [0.4, 0.5) is 0 Å². The Balaban J connectivity index is 2.97. The zero-order chi connectivity index (χ0) is 10.6. The van der Waals surface area contributed by atoms with Crippen LogP contribution in [0.2, 0.25) is 0 Å². The van der Waals surface area contributed by atoms with Gasteiger partial charge in [-0.15, -0.1) is 0 Å². The molecule has 1 unspecified atom stereocenters. The first-order valence-electron chi connectivity index (χ1n) is 5.25. The molecule has 1 heterocycles. The van der Waals surface area contributed by atoms with Crippen molar-refractivity contribution in [3.8, 4) is 0 Å². The lowest BCUT2D eigenvalue weighted by Gasteiger charge is -2.15. The van der Waals surface area contributed by atoms with E-state index in [1.165, 1.54) is 5.56 Å². The third-order valence-electron chi connectivity index (χ3n) is 2.34. The van der Waals surface area contributed by atoms with Crippen LogP contribution < -0.4 is 5.32 Å². The molecule has 0 fully saturated rings. The molecule has 0 aliphatic carbocycles. The van der Waals surface area contributed by atoms with Crippen LogP contribution in [0.3, 0.4) is 0 Å². The fraction of sp³-hybridized carbons (Fsp3) is 0.636. The largest absolute Gasteiger partial charge is 0.310 e. The average Bonchev–Trinajstić information content (AvgIpc) is 2.18. The highest BCUT2D eigenvalue weighted by molar-refractivity contribution is 5.24. The summed E-state index contributed by atoms with van der Waals surface area (Å²) in [5.74, 6) is 0. The number of rotatable bonds is 4. The summed E-state index contributed by atoms with van der Waals surface area (Å²) in [7, 11) is 0. The molecule has 3 heteroatoms. The molecular formula is C11H19N3. The van der Waals surface area contributed by atoms with Gasteiger partial charge < -0.3 is 5.32 Å². The lowest BCUT2D eigenvalue weighted by molar-refractivity contribution is 0.586. The Hall–Kier alpha value is -0.960. The van der Waals surface area contributed by atoms with Crippen LogP contribution in [0.25, 0.3) is 0 Å². The number of nitrogens with zero attached hydrogens (tertiary/aromatic N) is 2. The molecule has 0 aliphatic rings. The Labute approximate surface area is 85.9 Å². The Morgan fingerprint density at radius 3 is 2.64 bits per heavy atom. The molecule has 0 amide bonds. The van der Waals surface area contributed by atoms with E-state index in [-0.39, 0.29) is 0 Å². The van der Waals surface area contributed by atoms with Crippen LogP contribution in [-0.2, 0) is 6.42 Å². The van der Waals surface area contributed by atoms with Crippen molar-refractivity contribution in [1.29, 1.82) is 0 Å². The highest BCUT2D eigenvalue weighted by atomic mass is 15.1. The van der Waals surface area contributed by atoms with Gasteiger partial charge in [0.1, 0.15) is 0 Å². The lowest BCUT2D eigenvalue weighted by Crippen LogP contribution is -2.20. The van der Waals surface area contributed by atoms with Crippen molar-refractivity contribution in [2.45, 2.75) is 40.2 Å². The van der Waals surface area contributed by atoms with E-state index < -0.39 is 0 Å². The Morgan fingerprint density at radius 2 is 2.07 bits per heavy atom. The van der Waals surface area contributed by atoms with Gasteiger partial charge in [0.05, 0.1) is 11.4 Å². The predicted molar refractivity (Wildman–Crippen MR) is 58.2 cm³/mol. The molecule has 1 rings (SSSR count). The molecular weight excluding hydrogens is 174 g/mol. The molecule has 0 spiro atoms. The van der Waals surface area contributed by atoms with Crippen molar-refractivity contribution in [3.05, 3.63) is 23.0 Å². The quantitative estimate of drug-likeness (QED) is 0.795. The minimum absolute atomic E-state index is 0.365. The molecule has 0 bridgehead atoms. The van der Waals surface area contributed by atoms with Gasteiger partial charge in [0.2, 0.25) is 0 Å². The van der Waals surface area contributed by atoms with Crippen molar-refractivity contribution in [1.82, 2.24) is 15.5 Å². The molecule has 1 aromatic heterocycles. The van der Waals surface area contributed by atoms with E-state index in [9.17, 15) is 0 Å². The lowest BCUT2D eigenvalue weighted by atomic mass is 10.0. The van der Waals surface area contributed by atoms with Crippen molar-refractivity contribution >= 4 is 0 Å². The fourth-order valence-electron chi connectivity index (χ4n) is 1.60. The fourth-order valence-corrected chi connectivity index (χ4v) is 1.60. The van der Waals surface area contributed by atoms with Crippen LogP contribution in [0.15, 0.2) is 6.07 Å². The van der Waals surface area contributed by atoms with Gasteiger partial charge in [-0.25, -0.2) is 0 Å². The topological polar surface area (TPSA) is 37.8 Å². The van der Waals surface area contributed by atoms with Crippen LogP contribution in [0, 0.1) is 6.92 Å². The van der Waals surface area contributed by atoms with E-state index in [4.69, 9.17) is 0 Å². The normalized spacial score (nSPS) is 12.9. The maximum Gasteiger partial charge on any atom is 0.0676 e. The van der Waals surface area contributed by atoms with Crippen molar-refractivity contribution in [2.75, 3.05) is 6.54 Å². The second-order valence-corrected chi connectivity index (χ2v) is 3.52. The minimum Gasteiger partial charge on any atom is -0.310 e. The van der Waals surface area contributed by atoms with Gasteiger partial charge in [-0.1, -0.05) is 13.8 Å². The zero-order valence-corrected chi connectivity index (χ0v) is 9.46. The molecule has 1 aromatic rings. The van der Waals surface area contributed by atoms with Gasteiger partial charge in [-0.2, -0.15) is 10.2 Å². The van der Waals surface area contributed by atoms with Crippen molar-refractivity contribution in [2.24, 2.45) is 0 Å². The molecule has 0 aromatic carbocycles. The molecule has 78 valence electrons.